The van der Waals surface area contributed by atoms with Gasteiger partial charge in [-0.15, -0.1) is 0 Å². The molecule has 24 heteroatoms. The number of carbonyl (C=O) groups is 9. The summed E-state index contributed by atoms with van der Waals surface area (Å²) in [7, 11) is 0. The number of para-hydroxylation sites is 1. The molecule has 4 rings (SSSR count). The van der Waals surface area contributed by atoms with Gasteiger partial charge < -0.3 is 69.5 Å². The van der Waals surface area contributed by atoms with Crippen molar-refractivity contribution in [3.8, 4) is 0 Å². The number of hydrogen-bond donors (Lipinski definition) is 13. The number of carbonyl (C=O) groups excluding carboxylic acids is 8. The Bertz CT molecular complexity index is 2560. The van der Waals surface area contributed by atoms with E-state index in [0.29, 0.717) is 29.3 Å². The summed E-state index contributed by atoms with van der Waals surface area (Å²) in [5.74, 6) is -9.07. The number of imidazole rings is 1. The number of aromatic amines is 2. The third-order valence-corrected chi connectivity index (χ3v) is 10.9. The number of benzene rings is 2. The number of guanidine groups is 1. The number of carboxylic acid groups (broad SMARTS) is 1. The lowest BCUT2D eigenvalue weighted by atomic mass is 10.0. The Morgan fingerprint density at radius 1 is 0.690 bits per heavy atom. The van der Waals surface area contributed by atoms with Gasteiger partial charge in [0.15, 0.2) is 8.78 Å². The number of aliphatic imine (C=N–C) groups is 1. The third kappa shape index (κ3) is 19.0. The first-order valence-electron chi connectivity index (χ1n) is 23.9. The highest BCUT2D eigenvalue weighted by Crippen LogP contribution is 2.20. The number of nitrogens with zero attached hydrogens (tertiary/aromatic N) is 2. The smallest absolute Gasteiger partial charge is 0.303 e. The molecule has 0 fully saturated rings. The minimum atomic E-state index is -1.81. The standard InChI is InChI=1S/C47H64N14O10/c1-3-4-14-33(56-27(2)62)42(67)58-35(17-18-40(64)65)44(69)61-38(22-30-24-51-26-55-30)46(71)59-36(20-28-11-6-5-7-12-28)45(70)57-34(16-10-19-52-47(49)50)43(68)60-37(41(66)54-25-39(48)63)21-29-23-53-32-15-9-8-13-31(29)32/h5-9,11-13,15,23-24,26,33-38,53H,3-4,10,14,16-22,25H2,1-2H3,(H2,48,63)(H,51,55)(H,54,66)(H,56,62)(H,57,70)(H,58,67)(H,59,71)(H,60,68)(H,61,69)(H,64,65)(H4,49,50,52)/t33-,34-,35-,36-,37-,38-/m0/s1/i/hD2. The van der Waals surface area contributed by atoms with Crippen molar-refractivity contribution in [1.82, 2.24) is 52.2 Å². The summed E-state index contributed by atoms with van der Waals surface area (Å²) >= 11 is 0. The number of amides is 8. The topological polar surface area (TPSA) is 393 Å². The lowest BCUT2D eigenvalue weighted by molar-refractivity contribution is -0.138. The lowest BCUT2D eigenvalue weighted by Gasteiger charge is -2.27. The number of fused-ring (bicyclic) bond motifs is 1. The number of aromatic nitrogens is 3. The second kappa shape index (κ2) is 28.2. The van der Waals surface area contributed by atoms with Gasteiger partial charge in [0, 0.05) is 68.1 Å². The predicted octanol–water partition coefficient (Wildman–Crippen LogP) is -1.44. The summed E-state index contributed by atoms with van der Waals surface area (Å²) in [6.45, 7) is 2.45. The van der Waals surface area contributed by atoms with E-state index >= 15 is 0 Å². The predicted molar refractivity (Wildman–Crippen MR) is 260 cm³/mol. The van der Waals surface area contributed by atoms with Gasteiger partial charge >= 0.3 is 5.97 Å². The van der Waals surface area contributed by atoms with Crippen LogP contribution in [0.2, 0.25) is 2.82 Å². The van der Waals surface area contributed by atoms with E-state index in [-0.39, 0.29) is 55.6 Å². The molecule has 2 aromatic carbocycles. The number of unbranched alkanes of at least 4 members (excludes halogenated alkanes) is 1. The molecule has 6 atom stereocenters. The summed E-state index contributed by atoms with van der Waals surface area (Å²) in [5, 5.41) is 23.4. The van der Waals surface area contributed by atoms with Crippen LogP contribution in [0.5, 0.6) is 0 Å². The lowest BCUT2D eigenvalue weighted by Crippen LogP contribution is -2.60. The fourth-order valence-electron chi connectivity index (χ4n) is 7.37. The van der Waals surface area contributed by atoms with Crippen molar-refractivity contribution < 1.29 is 51.1 Å². The second-order valence-electron chi connectivity index (χ2n) is 16.6. The van der Waals surface area contributed by atoms with Crippen LogP contribution in [0.15, 0.2) is 78.3 Å². The van der Waals surface area contributed by atoms with Gasteiger partial charge in [0.05, 0.1) is 12.9 Å². The van der Waals surface area contributed by atoms with Crippen LogP contribution in [-0.2, 0) is 62.4 Å². The van der Waals surface area contributed by atoms with Gasteiger partial charge in [-0.05, 0) is 42.9 Å². The normalized spacial score (nSPS) is 13.8. The molecule has 0 saturated heterocycles. The van der Waals surface area contributed by atoms with Crippen molar-refractivity contribution >= 4 is 70.1 Å². The molecule has 0 aliphatic heterocycles. The molecule has 24 nitrogen and oxygen atoms in total. The van der Waals surface area contributed by atoms with Crippen molar-refractivity contribution in [2.24, 2.45) is 22.2 Å². The maximum atomic E-state index is 14.8. The zero-order chi connectivity index (χ0) is 53.6. The van der Waals surface area contributed by atoms with Crippen LogP contribution >= 0.6 is 0 Å². The summed E-state index contributed by atoms with van der Waals surface area (Å²) in [6, 6.07) is 6.12. The summed E-state index contributed by atoms with van der Waals surface area (Å²) in [6.07, 6.45) is 3.37. The van der Waals surface area contributed by atoms with E-state index in [1.165, 1.54) is 19.4 Å². The zero-order valence-electron chi connectivity index (χ0n) is 41.5. The van der Waals surface area contributed by atoms with Crippen molar-refractivity contribution in [1.29, 1.82) is 0 Å². The number of H-pyrrole nitrogens is 2. The highest BCUT2D eigenvalue weighted by Gasteiger charge is 2.34. The van der Waals surface area contributed by atoms with Crippen LogP contribution in [0.1, 0.15) is 75.6 Å². The molecule has 0 unspecified atom stereocenters. The van der Waals surface area contributed by atoms with Gasteiger partial charge in [-0.25, -0.2) is 4.98 Å². The van der Waals surface area contributed by atoms with Gasteiger partial charge in [-0.3, -0.25) is 48.1 Å². The van der Waals surface area contributed by atoms with E-state index in [2.05, 4.69) is 46.5 Å². The van der Waals surface area contributed by atoms with Crippen LogP contribution < -0.4 is 54.4 Å². The van der Waals surface area contributed by atoms with Gasteiger partial charge in [-0.2, -0.15) is 0 Å². The first kappa shape index (κ1) is 52.1. The van der Waals surface area contributed by atoms with Crippen LogP contribution in [0.25, 0.3) is 10.9 Å². The Morgan fingerprint density at radius 2 is 1.30 bits per heavy atom. The van der Waals surface area contributed by atoms with E-state index in [0.717, 1.165) is 10.9 Å². The van der Waals surface area contributed by atoms with Gasteiger partial charge in [-0.1, -0.05) is 68.3 Å². The number of hydrogen-bond acceptors (Lipinski definition) is 11. The molecule has 2 heterocycles. The number of rotatable bonds is 30. The van der Waals surface area contributed by atoms with Gasteiger partial charge in [0.25, 0.3) is 0 Å². The van der Waals surface area contributed by atoms with E-state index in [1.807, 2.05) is 6.92 Å². The van der Waals surface area contributed by atoms with Crippen LogP contribution in [0, 0.1) is 0 Å². The van der Waals surface area contributed by atoms with Crippen molar-refractivity contribution in [3.05, 3.63) is 90.1 Å². The summed E-state index contributed by atoms with van der Waals surface area (Å²) in [5.41, 5.74) is 18.4. The third-order valence-electron chi connectivity index (χ3n) is 10.9. The molecule has 0 aliphatic carbocycles. The van der Waals surface area contributed by atoms with Crippen LogP contribution in [0.4, 0.5) is 0 Å². The van der Waals surface area contributed by atoms with Crippen molar-refractivity contribution in [2.75, 3.05) is 13.1 Å². The molecule has 2 aromatic heterocycles. The number of aliphatic carboxylic acids is 1. The largest absolute Gasteiger partial charge is 0.481 e. The number of carboxylic acids is 1. The molecular formula is C47H64N14O10. The van der Waals surface area contributed by atoms with E-state index < -0.39 is 115 Å². The minimum absolute atomic E-state index is 0.0290. The maximum absolute atomic E-state index is 14.8. The Kier molecular flexibility index (Phi) is 20.7. The van der Waals surface area contributed by atoms with Gasteiger partial charge in [0.2, 0.25) is 47.3 Å². The number of nitrogens with one attached hydrogen (secondary N) is 9. The Morgan fingerprint density at radius 3 is 1.94 bits per heavy atom. The molecule has 71 heavy (non-hydrogen) atoms. The fraction of sp³-hybridized carbons (Fsp3) is 0.426. The Hall–Kier alpha value is -8.31. The highest BCUT2D eigenvalue weighted by molar-refractivity contribution is 5.98. The monoisotopic (exact) mass is 987 g/mol. The fourth-order valence-corrected chi connectivity index (χ4v) is 7.37. The SMILES string of the molecule is [2H]N(C(=O)[C@H](CCC(=O)O)NC(=O)[C@H](CCCC)NC(C)=O)[C@@H](Cc1cnc[nH]1)C(=O)N[C@@H](Cc1ccccc1)C(=O)N([2H])[C@@H](CCCN=C(N)N)C(=O)N[C@@H](Cc1c[nH]c2ccccc12)C(=O)NCC(N)=O. The average Bonchev–Trinajstić information content (AvgIpc) is 4.03. The van der Waals surface area contributed by atoms with Crippen LogP contribution in [0.3, 0.4) is 0 Å². The highest BCUT2D eigenvalue weighted by atomic mass is 16.4. The Labute approximate surface area is 412 Å². The molecule has 0 saturated carbocycles. The van der Waals surface area contributed by atoms with E-state index in [9.17, 15) is 49.7 Å². The molecule has 0 aliphatic rings. The van der Waals surface area contributed by atoms with Crippen LogP contribution in [-0.4, -0.2) is 129 Å². The summed E-state index contributed by atoms with van der Waals surface area (Å²) in [4.78, 5) is 134. The number of primary amides is 1. The average molecular weight is 987 g/mol. The molecule has 0 spiro atoms. The molecule has 0 bridgehead atoms. The summed E-state index contributed by atoms with van der Waals surface area (Å²) < 4.78 is 18.3. The Balaban J connectivity index is 1.72. The second-order valence-corrected chi connectivity index (χ2v) is 16.6. The minimum Gasteiger partial charge on any atom is -0.481 e. The van der Waals surface area contributed by atoms with E-state index in [1.54, 1.807) is 60.8 Å². The zero-order valence-corrected chi connectivity index (χ0v) is 39.5. The molecule has 0 radical (unpaired) electrons. The molecular weight excluding hydrogens is 921 g/mol. The van der Waals surface area contributed by atoms with E-state index in [4.69, 9.17) is 18.6 Å². The molecule has 16 N–H and O–H groups in total. The first-order chi connectivity index (χ1) is 34.8. The maximum Gasteiger partial charge on any atom is 0.303 e. The van der Waals surface area contributed by atoms with Crippen molar-refractivity contribution in [3.63, 3.8) is 0 Å². The molecule has 8 amide bonds. The molecule has 382 valence electrons. The van der Waals surface area contributed by atoms with Crippen molar-refractivity contribution in [2.45, 2.75) is 114 Å². The number of nitrogens with two attached hydrogens (primary N) is 3. The molecule has 4 aromatic rings. The first-order valence-corrected chi connectivity index (χ1v) is 23.0. The quantitative estimate of drug-likeness (QED) is 0.0162. The van der Waals surface area contributed by atoms with Gasteiger partial charge in [0.1, 0.15) is 36.3 Å².